The first-order valence-electron chi connectivity index (χ1n) is 6.91. The number of hydrogen-bond acceptors (Lipinski definition) is 4. The van der Waals surface area contributed by atoms with Crippen molar-refractivity contribution in [3.8, 4) is 0 Å². The number of benzene rings is 1. The maximum absolute atomic E-state index is 12.3. The van der Waals surface area contributed by atoms with Gasteiger partial charge in [0.05, 0.1) is 5.69 Å². The lowest BCUT2D eigenvalue weighted by atomic mass is 10.2. The molecule has 0 radical (unpaired) electrons. The molecule has 0 spiro atoms. The molecule has 0 bridgehead atoms. The Bertz CT molecular complexity index is 544. The standard InChI is InChI=1S/C15H18N2O4/c1-3-4-10-12(18)21-14-13(19)17(15(20)16(14)2)11-8-6-5-7-9-11/h5-9,14H,3-4,10H2,1-2H3/t14-/m1/s1. The predicted octanol–water partition coefficient (Wildman–Crippen LogP) is 2.14. The molecule has 21 heavy (non-hydrogen) atoms. The highest BCUT2D eigenvalue weighted by atomic mass is 16.6. The molecule has 0 aliphatic carbocycles. The first-order chi connectivity index (χ1) is 10.1. The highest BCUT2D eigenvalue weighted by Gasteiger charge is 2.46. The Morgan fingerprint density at radius 1 is 1.24 bits per heavy atom. The van der Waals surface area contributed by atoms with Gasteiger partial charge in [0.15, 0.2) is 0 Å². The van der Waals surface area contributed by atoms with Crippen molar-refractivity contribution in [2.75, 3.05) is 11.9 Å². The minimum absolute atomic E-state index is 0.244. The molecule has 3 amide bonds. The second-order valence-electron chi connectivity index (χ2n) is 4.85. The zero-order valence-electron chi connectivity index (χ0n) is 12.1. The number of imide groups is 1. The summed E-state index contributed by atoms with van der Waals surface area (Å²) in [6, 6.07) is 8.07. The van der Waals surface area contributed by atoms with Gasteiger partial charge in [0, 0.05) is 13.5 Å². The molecule has 1 aromatic carbocycles. The van der Waals surface area contributed by atoms with Gasteiger partial charge in [-0.1, -0.05) is 31.5 Å². The molecule has 0 unspecified atom stereocenters. The van der Waals surface area contributed by atoms with E-state index in [0.717, 1.165) is 16.2 Å². The summed E-state index contributed by atoms with van der Waals surface area (Å²) in [5.41, 5.74) is 0.464. The third kappa shape index (κ3) is 3.04. The van der Waals surface area contributed by atoms with Crippen molar-refractivity contribution in [3.63, 3.8) is 0 Å². The van der Waals surface area contributed by atoms with Gasteiger partial charge < -0.3 is 4.74 Å². The lowest BCUT2D eigenvalue weighted by Gasteiger charge is -2.16. The van der Waals surface area contributed by atoms with E-state index < -0.39 is 24.1 Å². The number of para-hydroxylation sites is 1. The Kier molecular flexibility index (Phi) is 4.57. The van der Waals surface area contributed by atoms with Gasteiger partial charge in [0.2, 0.25) is 0 Å². The number of nitrogens with zero attached hydrogens (tertiary/aromatic N) is 2. The van der Waals surface area contributed by atoms with Crippen LogP contribution in [-0.2, 0) is 14.3 Å². The van der Waals surface area contributed by atoms with E-state index in [1.54, 1.807) is 30.3 Å². The number of esters is 1. The largest absolute Gasteiger partial charge is 0.432 e. The number of carbonyl (C=O) groups is 3. The molecule has 1 aliphatic heterocycles. The monoisotopic (exact) mass is 290 g/mol. The van der Waals surface area contributed by atoms with Gasteiger partial charge in [-0.15, -0.1) is 0 Å². The Morgan fingerprint density at radius 2 is 1.90 bits per heavy atom. The van der Waals surface area contributed by atoms with Gasteiger partial charge in [0.25, 0.3) is 12.1 Å². The highest BCUT2D eigenvalue weighted by molar-refractivity contribution is 6.21. The second-order valence-corrected chi connectivity index (χ2v) is 4.85. The third-order valence-electron chi connectivity index (χ3n) is 3.27. The van der Waals surface area contributed by atoms with E-state index in [2.05, 4.69) is 0 Å². The van der Waals surface area contributed by atoms with E-state index in [0.29, 0.717) is 12.1 Å². The molecule has 6 heteroatoms. The quantitative estimate of drug-likeness (QED) is 0.615. The molecule has 1 saturated heterocycles. The number of amides is 3. The smallest absolute Gasteiger partial charge is 0.334 e. The molecule has 6 nitrogen and oxygen atoms in total. The molecule has 0 N–H and O–H groups in total. The summed E-state index contributed by atoms with van der Waals surface area (Å²) in [7, 11) is 1.45. The molecule has 1 fully saturated rings. The number of unbranched alkanes of at least 4 members (excludes halogenated alkanes) is 1. The Balaban J connectivity index is 2.13. The van der Waals surface area contributed by atoms with Crippen molar-refractivity contribution in [2.24, 2.45) is 0 Å². The van der Waals surface area contributed by atoms with E-state index >= 15 is 0 Å². The van der Waals surface area contributed by atoms with Crippen molar-refractivity contribution in [3.05, 3.63) is 30.3 Å². The van der Waals surface area contributed by atoms with Crippen LogP contribution in [0.2, 0.25) is 0 Å². The summed E-state index contributed by atoms with van der Waals surface area (Å²) in [6.45, 7) is 1.96. The van der Waals surface area contributed by atoms with Crippen LogP contribution in [0.25, 0.3) is 0 Å². The molecule has 1 heterocycles. The first-order valence-corrected chi connectivity index (χ1v) is 6.91. The zero-order chi connectivity index (χ0) is 15.4. The Hall–Kier alpha value is -2.37. The lowest BCUT2D eigenvalue weighted by molar-refractivity contribution is -0.159. The number of carbonyl (C=O) groups excluding carboxylic acids is 3. The second kappa shape index (κ2) is 6.39. The van der Waals surface area contributed by atoms with Crippen LogP contribution < -0.4 is 4.90 Å². The number of ether oxygens (including phenoxy) is 1. The SMILES string of the molecule is CCCCC(=O)O[C@@H]1C(=O)N(c2ccccc2)C(=O)N1C. The summed E-state index contributed by atoms with van der Waals surface area (Å²) in [6.07, 6.45) is 0.619. The summed E-state index contributed by atoms with van der Waals surface area (Å²) >= 11 is 0. The van der Waals surface area contributed by atoms with Crippen LogP contribution in [0.15, 0.2) is 30.3 Å². The van der Waals surface area contributed by atoms with E-state index in [-0.39, 0.29) is 6.42 Å². The summed E-state index contributed by atoms with van der Waals surface area (Å²) in [5, 5.41) is 0. The number of urea groups is 1. The van der Waals surface area contributed by atoms with Crippen LogP contribution in [0.5, 0.6) is 0 Å². The van der Waals surface area contributed by atoms with Crippen LogP contribution in [0.3, 0.4) is 0 Å². The van der Waals surface area contributed by atoms with Gasteiger partial charge in [-0.25, -0.2) is 9.69 Å². The minimum atomic E-state index is -1.18. The number of rotatable bonds is 5. The fraction of sp³-hybridized carbons (Fsp3) is 0.400. The topological polar surface area (TPSA) is 66.9 Å². The van der Waals surface area contributed by atoms with Crippen molar-refractivity contribution in [1.29, 1.82) is 0 Å². The summed E-state index contributed by atoms with van der Waals surface area (Å²) in [5.74, 6) is -1.01. The van der Waals surface area contributed by atoms with Crippen LogP contribution >= 0.6 is 0 Å². The van der Waals surface area contributed by atoms with Gasteiger partial charge in [-0.05, 0) is 18.6 Å². The van der Waals surface area contributed by atoms with Crippen molar-refractivity contribution in [2.45, 2.75) is 32.4 Å². The van der Waals surface area contributed by atoms with Crippen LogP contribution in [0.1, 0.15) is 26.2 Å². The average Bonchev–Trinajstić information content (AvgIpc) is 2.70. The van der Waals surface area contributed by atoms with Crippen molar-refractivity contribution >= 4 is 23.6 Å². The maximum atomic E-state index is 12.3. The van der Waals surface area contributed by atoms with Gasteiger partial charge in [-0.3, -0.25) is 14.5 Å². The average molecular weight is 290 g/mol. The number of anilines is 1. The third-order valence-corrected chi connectivity index (χ3v) is 3.27. The summed E-state index contributed by atoms with van der Waals surface area (Å²) < 4.78 is 5.14. The fourth-order valence-corrected chi connectivity index (χ4v) is 2.08. The van der Waals surface area contributed by atoms with E-state index in [9.17, 15) is 14.4 Å². The van der Waals surface area contributed by atoms with E-state index in [1.165, 1.54) is 7.05 Å². The number of hydrogen-bond donors (Lipinski definition) is 0. The maximum Gasteiger partial charge on any atom is 0.334 e. The molecule has 2 rings (SSSR count). The molecule has 1 aliphatic rings. The van der Waals surface area contributed by atoms with Crippen molar-refractivity contribution in [1.82, 2.24) is 4.90 Å². The molecular formula is C15H18N2O4. The number of likely N-dealkylation sites (N-methyl/N-ethyl adjacent to an activating group) is 1. The predicted molar refractivity (Wildman–Crippen MR) is 76.5 cm³/mol. The van der Waals surface area contributed by atoms with Crippen molar-refractivity contribution < 1.29 is 19.1 Å². The van der Waals surface area contributed by atoms with Crippen LogP contribution in [0, 0.1) is 0 Å². The van der Waals surface area contributed by atoms with Gasteiger partial charge in [0.1, 0.15) is 0 Å². The summed E-state index contributed by atoms with van der Waals surface area (Å²) in [4.78, 5) is 38.3. The van der Waals surface area contributed by atoms with Crippen LogP contribution in [0.4, 0.5) is 10.5 Å². The first kappa shape index (κ1) is 15.0. The minimum Gasteiger partial charge on any atom is -0.432 e. The molecule has 0 aromatic heterocycles. The zero-order valence-corrected chi connectivity index (χ0v) is 12.1. The van der Waals surface area contributed by atoms with E-state index in [1.807, 2.05) is 6.92 Å². The lowest BCUT2D eigenvalue weighted by Crippen LogP contribution is -2.36. The highest BCUT2D eigenvalue weighted by Crippen LogP contribution is 2.24. The molecule has 0 saturated carbocycles. The Morgan fingerprint density at radius 3 is 2.52 bits per heavy atom. The normalized spacial score (nSPS) is 18.3. The molecular weight excluding hydrogens is 272 g/mol. The Labute approximate surface area is 123 Å². The van der Waals surface area contributed by atoms with Crippen LogP contribution in [-0.4, -0.2) is 36.1 Å². The van der Waals surface area contributed by atoms with Gasteiger partial charge >= 0.3 is 12.0 Å². The fourth-order valence-electron chi connectivity index (χ4n) is 2.08. The molecule has 1 atom stereocenters. The van der Waals surface area contributed by atoms with Gasteiger partial charge in [-0.2, -0.15) is 0 Å². The van der Waals surface area contributed by atoms with E-state index in [4.69, 9.17) is 4.74 Å². The molecule has 1 aromatic rings. The molecule has 112 valence electrons.